The van der Waals surface area contributed by atoms with E-state index in [-0.39, 0.29) is 11.5 Å². The fourth-order valence-electron chi connectivity index (χ4n) is 1.71. The number of nitrogens with zero attached hydrogens (tertiary/aromatic N) is 2. The van der Waals surface area contributed by atoms with E-state index < -0.39 is 4.92 Å². The number of aryl methyl sites for hydroxylation is 1. The molecule has 0 aliphatic rings. The van der Waals surface area contributed by atoms with E-state index in [2.05, 4.69) is 26.2 Å². The number of benzene rings is 1. The predicted molar refractivity (Wildman–Crippen MR) is 77.1 cm³/mol. The van der Waals surface area contributed by atoms with Gasteiger partial charge in [0, 0.05) is 17.1 Å². The van der Waals surface area contributed by atoms with Crippen LogP contribution in [0.5, 0.6) is 0 Å². The molecular formula is C13H11BrFN3O2. The standard InChI is InChI=1S/C13H11BrFN3O2/c1-8-12(18(19)20)4-5-13(17-8)16-7-9-6-10(15)2-3-11(9)14/h2-6H,7H2,1H3,(H,16,17). The van der Waals surface area contributed by atoms with Crippen molar-refractivity contribution in [1.82, 2.24) is 4.98 Å². The van der Waals surface area contributed by atoms with Crippen LogP contribution in [-0.4, -0.2) is 9.91 Å². The normalized spacial score (nSPS) is 10.3. The number of hydrogen-bond donors (Lipinski definition) is 1. The second kappa shape index (κ2) is 5.96. The first-order valence-corrected chi connectivity index (χ1v) is 6.56. The molecule has 5 nitrogen and oxygen atoms in total. The molecule has 0 bridgehead atoms. The average molecular weight is 340 g/mol. The van der Waals surface area contributed by atoms with Crippen LogP contribution in [0, 0.1) is 22.9 Å². The van der Waals surface area contributed by atoms with E-state index in [9.17, 15) is 14.5 Å². The minimum Gasteiger partial charge on any atom is -0.366 e. The lowest BCUT2D eigenvalue weighted by molar-refractivity contribution is -0.385. The summed E-state index contributed by atoms with van der Waals surface area (Å²) in [5.74, 6) is 0.183. The molecular weight excluding hydrogens is 329 g/mol. The van der Waals surface area contributed by atoms with Gasteiger partial charge < -0.3 is 5.32 Å². The fourth-order valence-corrected chi connectivity index (χ4v) is 2.10. The topological polar surface area (TPSA) is 68.1 Å². The summed E-state index contributed by atoms with van der Waals surface area (Å²) in [6.07, 6.45) is 0. The van der Waals surface area contributed by atoms with Crippen molar-refractivity contribution >= 4 is 27.4 Å². The van der Waals surface area contributed by atoms with Crippen LogP contribution in [0.2, 0.25) is 0 Å². The molecule has 0 saturated heterocycles. The van der Waals surface area contributed by atoms with E-state index in [4.69, 9.17) is 0 Å². The third kappa shape index (κ3) is 3.30. The highest BCUT2D eigenvalue weighted by molar-refractivity contribution is 9.10. The first kappa shape index (κ1) is 14.4. The van der Waals surface area contributed by atoms with Gasteiger partial charge in [-0.05, 0) is 36.8 Å². The van der Waals surface area contributed by atoms with Crippen molar-refractivity contribution in [3.8, 4) is 0 Å². The van der Waals surface area contributed by atoms with Crippen molar-refractivity contribution in [3.05, 3.63) is 62.0 Å². The number of pyridine rings is 1. The zero-order valence-electron chi connectivity index (χ0n) is 10.6. The highest BCUT2D eigenvalue weighted by atomic mass is 79.9. The fraction of sp³-hybridized carbons (Fsp3) is 0.154. The second-order valence-electron chi connectivity index (χ2n) is 4.15. The van der Waals surface area contributed by atoms with Gasteiger partial charge in [-0.2, -0.15) is 0 Å². The molecule has 7 heteroatoms. The van der Waals surface area contributed by atoms with Crippen molar-refractivity contribution in [1.29, 1.82) is 0 Å². The Kier molecular flexibility index (Phi) is 4.29. The van der Waals surface area contributed by atoms with Gasteiger partial charge in [0.1, 0.15) is 17.3 Å². The third-order valence-corrected chi connectivity index (χ3v) is 3.50. The molecule has 104 valence electrons. The van der Waals surface area contributed by atoms with Crippen LogP contribution < -0.4 is 5.32 Å². The Hall–Kier alpha value is -2.02. The summed E-state index contributed by atoms with van der Waals surface area (Å²) in [5, 5.41) is 13.7. The summed E-state index contributed by atoms with van der Waals surface area (Å²) in [6.45, 7) is 1.93. The maximum Gasteiger partial charge on any atom is 0.290 e. The molecule has 1 N–H and O–H groups in total. The van der Waals surface area contributed by atoms with Gasteiger partial charge in [0.05, 0.1) is 4.92 Å². The summed E-state index contributed by atoms with van der Waals surface area (Å²) in [5.41, 5.74) is 1.04. The SMILES string of the molecule is Cc1nc(NCc2cc(F)ccc2Br)ccc1[N+](=O)[O-]. The highest BCUT2D eigenvalue weighted by Gasteiger charge is 2.11. The lowest BCUT2D eigenvalue weighted by atomic mass is 10.2. The molecule has 2 aromatic rings. The van der Waals surface area contributed by atoms with Gasteiger partial charge in [0.2, 0.25) is 0 Å². The summed E-state index contributed by atoms with van der Waals surface area (Å²) in [6, 6.07) is 7.32. The summed E-state index contributed by atoms with van der Waals surface area (Å²) >= 11 is 3.33. The molecule has 0 saturated carbocycles. The molecule has 20 heavy (non-hydrogen) atoms. The van der Waals surface area contributed by atoms with E-state index >= 15 is 0 Å². The number of nitro groups is 1. The van der Waals surface area contributed by atoms with Gasteiger partial charge in [-0.25, -0.2) is 9.37 Å². The Balaban J connectivity index is 2.13. The molecule has 0 aliphatic carbocycles. The molecule has 0 unspecified atom stereocenters. The Morgan fingerprint density at radius 1 is 1.40 bits per heavy atom. The van der Waals surface area contributed by atoms with Crippen LogP contribution in [0.4, 0.5) is 15.9 Å². The zero-order valence-corrected chi connectivity index (χ0v) is 12.1. The monoisotopic (exact) mass is 339 g/mol. The predicted octanol–water partition coefficient (Wildman–Crippen LogP) is 3.81. The van der Waals surface area contributed by atoms with Crippen LogP contribution >= 0.6 is 15.9 Å². The smallest absolute Gasteiger partial charge is 0.290 e. The van der Waals surface area contributed by atoms with Crippen LogP contribution in [0.3, 0.4) is 0 Å². The number of aromatic nitrogens is 1. The Bertz CT molecular complexity index is 664. The molecule has 1 heterocycles. The molecule has 0 atom stereocenters. The molecule has 0 spiro atoms. The summed E-state index contributed by atoms with van der Waals surface area (Å²) < 4.78 is 13.9. The summed E-state index contributed by atoms with van der Waals surface area (Å²) in [7, 11) is 0. The van der Waals surface area contributed by atoms with E-state index in [1.807, 2.05) is 0 Å². The van der Waals surface area contributed by atoms with Crippen molar-refractivity contribution in [3.63, 3.8) is 0 Å². The highest BCUT2D eigenvalue weighted by Crippen LogP contribution is 2.21. The van der Waals surface area contributed by atoms with Crippen molar-refractivity contribution in [2.24, 2.45) is 0 Å². The van der Waals surface area contributed by atoms with Crippen LogP contribution in [0.1, 0.15) is 11.3 Å². The van der Waals surface area contributed by atoms with Crippen molar-refractivity contribution in [2.75, 3.05) is 5.32 Å². The second-order valence-corrected chi connectivity index (χ2v) is 5.00. The number of rotatable bonds is 4. The number of anilines is 1. The zero-order chi connectivity index (χ0) is 14.7. The van der Waals surface area contributed by atoms with Crippen LogP contribution in [0.25, 0.3) is 0 Å². The molecule has 0 radical (unpaired) electrons. The quantitative estimate of drug-likeness (QED) is 0.679. The molecule has 0 aliphatic heterocycles. The van der Waals surface area contributed by atoms with Gasteiger partial charge in [-0.15, -0.1) is 0 Å². The molecule has 1 aromatic carbocycles. The summed E-state index contributed by atoms with van der Waals surface area (Å²) in [4.78, 5) is 14.3. The van der Waals surface area contributed by atoms with Gasteiger partial charge in [0.25, 0.3) is 5.69 Å². The average Bonchev–Trinajstić information content (AvgIpc) is 2.39. The molecule has 0 fully saturated rings. The van der Waals surface area contributed by atoms with E-state index in [1.165, 1.54) is 24.3 Å². The Morgan fingerprint density at radius 2 is 2.15 bits per heavy atom. The third-order valence-electron chi connectivity index (χ3n) is 2.72. The number of halogens is 2. The van der Waals surface area contributed by atoms with Crippen LogP contribution in [0.15, 0.2) is 34.8 Å². The lowest BCUT2D eigenvalue weighted by Crippen LogP contribution is -2.04. The maximum atomic E-state index is 13.1. The van der Waals surface area contributed by atoms with Gasteiger partial charge in [-0.3, -0.25) is 10.1 Å². The van der Waals surface area contributed by atoms with E-state index in [0.29, 0.717) is 18.1 Å². The molecule has 2 rings (SSSR count). The molecule has 0 amide bonds. The van der Waals surface area contributed by atoms with E-state index in [1.54, 1.807) is 13.0 Å². The van der Waals surface area contributed by atoms with Gasteiger partial charge >= 0.3 is 0 Å². The maximum absolute atomic E-state index is 13.1. The Morgan fingerprint density at radius 3 is 2.80 bits per heavy atom. The minimum atomic E-state index is -0.477. The molecule has 1 aromatic heterocycles. The largest absolute Gasteiger partial charge is 0.366 e. The van der Waals surface area contributed by atoms with Gasteiger partial charge in [-0.1, -0.05) is 15.9 Å². The minimum absolute atomic E-state index is 0.0255. The lowest BCUT2D eigenvalue weighted by Gasteiger charge is -2.08. The number of hydrogen-bond acceptors (Lipinski definition) is 4. The van der Waals surface area contributed by atoms with Crippen molar-refractivity contribution in [2.45, 2.75) is 13.5 Å². The van der Waals surface area contributed by atoms with E-state index in [0.717, 1.165) is 10.0 Å². The number of nitrogens with one attached hydrogen (secondary N) is 1. The Labute approximate surface area is 123 Å². The van der Waals surface area contributed by atoms with Crippen LogP contribution in [-0.2, 0) is 6.54 Å². The van der Waals surface area contributed by atoms with Gasteiger partial charge in [0.15, 0.2) is 0 Å². The van der Waals surface area contributed by atoms with Crippen molar-refractivity contribution < 1.29 is 9.31 Å². The first-order chi connectivity index (χ1) is 9.47. The first-order valence-electron chi connectivity index (χ1n) is 5.77.